The molecule has 0 radical (unpaired) electrons. The van der Waals surface area contributed by atoms with Gasteiger partial charge in [0.1, 0.15) is 5.58 Å². The van der Waals surface area contributed by atoms with Gasteiger partial charge in [-0.2, -0.15) is 0 Å². The van der Waals surface area contributed by atoms with Crippen LogP contribution in [0, 0.1) is 0 Å². The number of fused-ring (bicyclic) bond motifs is 2. The molecule has 0 fully saturated rings. The van der Waals surface area contributed by atoms with Crippen LogP contribution >= 0.6 is 11.3 Å². The van der Waals surface area contributed by atoms with Crippen molar-refractivity contribution in [1.82, 2.24) is 4.90 Å². The third-order valence-electron chi connectivity index (χ3n) is 4.59. The first-order valence-corrected chi connectivity index (χ1v) is 8.97. The smallest absolute Gasteiger partial charge is 0.290 e. The second kappa shape index (κ2) is 5.91. The quantitative estimate of drug-likeness (QED) is 0.709. The van der Waals surface area contributed by atoms with Crippen LogP contribution in [0.4, 0.5) is 0 Å². The molecule has 3 aromatic rings. The molecule has 0 bridgehead atoms. The Morgan fingerprint density at radius 3 is 3.00 bits per heavy atom. The summed E-state index contributed by atoms with van der Waals surface area (Å²) in [6.07, 6.45) is 1.69. The highest BCUT2D eigenvalue weighted by Gasteiger charge is 2.32. The molecule has 0 N–H and O–H groups in total. The van der Waals surface area contributed by atoms with Gasteiger partial charge in [0.25, 0.3) is 5.91 Å². The standard InChI is InChI=1S/C19H17NO3S/c1-2-14-12-8-10-24-18(12)7-9-20(14)19(22)17-11-15(21)13-5-3-4-6-16(13)23-17/h3-6,8,10-11,14H,2,7,9H2,1H3. The normalized spacial score (nSPS) is 17.0. The van der Waals surface area contributed by atoms with Crippen LogP contribution in [0.15, 0.2) is 51.0 Å². The Morgan fingerprint density at radius 1 is 1.33 bits per heavy atom. The predicted molar refractivity (Wildman–Crippen MR) is 94.6 cm³/mol. The Kier molecular flexibility index (Phi) is 3.73. The maximum absolute atomic E-state index is 13.0. The highest BCUT2D eigenvalue weighted by molar-refractivity contribution is 7.10. The first-order valence-electron chi connectivity index (χ1n) is 8.09. The molecule has 0 saturated carbocycles. The molecule has 1 unspecified atom stereocenters. The summed E-state index contributed by atoms with van der Waals surface area (Å²) in [5.74, 6) is -0.0858. The van der Waals surface area contributed by atoms with E-state index in [2.05, 4.69) is 18.4 Å². The summed E-state index contributed by atoms with van der Waals surface area (Å²) < 4.78 is 5.73. The fourth-order valence-corrected chi connectivity index (χ4v) is 4.36. The third-order valence-corrected chi connectivity index (χ3v) is 5.58. The van der Waals surface area contributed by atoms with Crippen LogP contribution in [-0.4, -0.2) is 17.4 Å². The van der Waals surface area contributed by atoms with Gasteiger partial charge in [-0.1, -0.05) is 19.1 Å². The first-order chi connectivity index (χ1) is 11.7. The average Bonchev–Trinajstić information content (AvgIpc) is 3.09. The van der Waals surface area contributed by atoms with Gasteiger partial charge >= 0.3 is 0 Å². The molecule has 4 rings (SSSR count). The Balaban J connectivity index is 1.75. The minimum Gasteiger partial charge on any atom is -0.451 e. The molecule has 1 amide bonds. The molecule has 4 nitrogen and oxygen atoms in total. The first kappa shape index (κ1) is 15.1. The molecule has 1 aliphatic heterocycles. The number of carbonyl (C=O) groups is 1. The number of nitrogens with zero attached hydrogens (tertiary/aromatic N) is 1. The monoisotopic (exact) mass is 339 g/mol. The third kappa shape index (κ3) is 2.36. The molecule has 0 aliphatic carbocycles. The van der Waals surface area contributed by atoms with E-state index in [1.807, 2.05) is 4.90 Å². The maximum Gasteiger partial charge on any atom is 0.290 e. The number of hydrogen-bond donors (Lipinski definition) is 0. The zero-order valence-electron chi connectivity index (χ0n) is 13.3. The van der Waals surface area contributed by atoms with Crippen molar-refractivity contribution in [2.24, 2.45) is 0 Å². The van der Waals surface area contributed by atoms with Gasteiger partial charge in [-0.05, 0) is 42.0 Å². The lowest BCUT2D eigenvalue weighted by molar-refractivity contribution is 0.0625. The molecule has 2 aromatic heterocycles. The van der Waals surface area contributed by atoms with Gasteiger partial charge in [0.15, 0.2) is 11.2 Å². The highest BCUT2D eigenvalue weighted by atomic mass is 32.1. The molecule has 0 spiro atoms. The van der Waals surface area contributed by atoms with Gasteiger partial charge in [0.2, 0.25) is 0 Å². The number of thiophene rings is 1. The van der Waals surface area contributed by atoms with Crippen molar-refractivity contribution in [1.29, 1.82) is 0 Å². The minimum atomic E-state index is -0.207. The fourth-order valence-electron chi connectivity index (χ4n) is 3.43. The van der Waals surface area contributed by atoms with Crippen molar-refractivity contribution in [2.45, 2.75) is 25.8 Å². The summed E-state index contributed by atoms with van der Waals surface area (Å²) in [6.45, 7) is 2.73. The number of hydrogen-bond acceptors (Lipinski definition) is 4. The van der Waals surface area contributed by atoms with Crippen molar-refractivity contribution in [2.75, 3.05) is 6.54 Å². The minimum absolute atomic E-state index is 0.0456. The summed E-state index contributed by atoms with van der Waals surface area (Å²) >= 11 is 1.75. The van der Waals surface area contributed by atoms with E-state index in [1.165, 1.54) is 16.5 Å². The Hall–Kier alpha value is -2.40. The van der Waals surface area contributed by atoms with Crippen LogP contribution < -0.4 is 5.43 Å². The molecule has 1 aromatic carbocycles. The molecular formula is C19H17NO3S. The molecule has 1 atom stereocenters. The number of rotatable bonds is 2. The fraction of sp³-hybridized carbons (Fsp3) is 0.263. The molecule has 3 heterocycles. The van der Waals surface area contributed by atoms with E-state index in [0.717, 1.165) is 12.8 Å². The topological polar surface area (TPSA) is 50.5 Å². The number of para-hydroxylation sites is 1. The van der Waals surface area contributed by atoms with E-state index in [-0.39, 0.29) is 23.1 Å². The Bertz CT molecular complexity index is 972. The zero-order chi connectivity index (χ0) is 16.7. The second-order valence-corrected chi connectivity index (χ2v) is 6.94. The Morgan fingerprint density at radius 2 is 2.17 bits per heavy atom. The van der Waals surface area contributed by atoms with Crippen molar-refractivity contribution < 1.29 is 9.21 Å². The lowest BCUT2D eigenvalue weighted by Gasteiger charge is -2.35. The summed E-state index contributed by atoms with van der Waals surface area (Å²) in [6, 6.07) is 10.5. The van der Waals surface area contributed by atoms with Gasteiger partial charge < -0.3 is 9.32 Å². The second-order valence-electron chi connectivity index (χ2n) is 5.94. The van der Waals surface area contributed by atoms with Gasteiger partial charge in [-0.15, -0.1) is 11.3 Å². The SMILES string of the molecule is CCC1c2ccsc2CCN1C(=O)c1cc(=O)c2ccccc2o1. The molecule has 122 valence electrons. The van der Waals surface area contributed by atoms with E-state index in [0.29, 0.717) is 17.5 Å². The van der Waals surface area contributed by atoms with Crippen LogP contribution in [0.1, 0.15) is 40.4 Å². The van der Waals surface area contributed by atoms with Crippen LogP contribution in [-0.2, 0) is 6.42 Å². The maximum atomic E-state index is 13.0. The molecule has 24 heavy (non-hydrogen) atoms. The largest absolute Gasteiger partial charge is 0.451 e. The van der Waals surface area contributed by atoms with Crippen LogP contribution in [0.3, 0.4) is 0 Å². The molecule has 5 heteroatoms. The van der Waals surface area contributed by atoms with Gasteiger partial charge in [-0.25, -0.2) is 0 Å². The summed E-state index contributed by atoms with van der Waals surface area (Å²) in [5, 5.41) is 2.58. The summed E-state index contributed by atoms with van der Waals surface area (Å²) in [7, 11) is 0. The van der Waals surface area contributed by atoms with Crippen molar-refractivity contribution in [3.8, 4) is 0 Å². The number of carbonyl (C=O) groups excluding carboxylic acids is 1. The van der Waals surface area contributed by atoms with Crippen molar-refractivity contribution in [3.63, 3.8) is 0 Å². The van der Waals surface area contributed by atoms with Crippen molar-refractivity contribution in [3.05, 3.63) is 68.2 Å². The van der Waals surface area contributed by atoms with E-state index in [1.54, 1.807) is 35.6 Å². The highest BCUT2D eigenvalue weighted by Crippen LogP contribution is 2.36. The van der Waals surface area contributed by atoms with E-state index in [9.17, 15) is 9.59 Å². The van der Waals surface area contributed by atoms with Gasteiger partial charge in [-0.3, -0.25) is 9.59 Å². The molecule has 0 saturated heterocycles. The molecular weight excluding hydrogens is 322 g/mol. The van der Waals surface area contributed by atoms with Crippen molar-refractivity contribution >= 4 is 28.2 Å². The van der Waals surface area contributed by atoms with E-state index >= 15 is 0 Å². The zero-order valence-corrected chi connectivity index (χ0v) is 14.1. The Labute approximate surface area is 143 Å². The van der Waals surface area contributed by atoms with Crippen LogP contribution in [0.5, 0.6) is 0 Å². The van der Waals surface area contributed by atoms with E-state index in [4.69, 9.17) is 4.42 Å². The summed E-state index contributed by atoms with van der Waals surface area (Å²) in [4.78, 5) is 28.4. The number of amides is 1. The average molecular weight is 339 g/mol. The predicted octanol–water partition coefficient (Wildman–Crippen LogP) is 4.00. The van der Waals surface area contributed by atoms with Gasteiger partial charge in [0.05, 0.1) is 11.4 Å². The number of benzene rings is 1. The summed E-state index contributed by atoms with van der Waals surface area (Å²) in [5.41, 5.74) is 1.50. The lowest BCUT2D eigenvalue weighted by Crippen LogP contribution is -2.39. The van der Waals surface area contributed by atoms with Gasteiger partial charge in [0, 0.05) is 17.5 Å². The van der Waals surface area contributed by atoms with E-state index < -0.39 is 0 Å². The van der Waals surface area contributed by atoms with Crippen LogP contribution in [0.25, 0.3) is 11.0 Å². The lowest BCUT2D eigenvalue weighted by atomic mass is 9.97. The van der Waals surface area contributed by atoms with Crippen LogP contribution in [0.2, 0.25) is 0 Å². The molecule has 1 aliphatic rings.